The number of aryl methyl sites for hydroxylation is 1. The van der Waals surface area contributed by atoms with Crippen LogP contribution in [0.15, 0.2) is 58.4 Å². The fourth-order valence-corrected chi connectivity index (χ4v) is 3.85. The zero-order valence-electron chi connectivity index (χ0n) is 15.6. The molecule has 27 heavy (non-hydrogen) atoms. The molecular weight excluding hydrogens is 480 g/mol. The molecule has 0 saturated carbocycles. The lowest BCUT2D eigenvalue weighted by Gasteiger charge is -2.23. The zero-order chi connectivity index (χ0) is 19.2. The number of hydrogen-bond donors (Lipinski definition) is 1. The lowest BCUT2D eigenvalue weighted by molar-refractivity contribution is 0.477. The predicted octanol–water partition coefficient (Wildman–Crippen LogP) is 3.23. The fourth-order valence-electron chi connectivity index (χ4n) is 2.61. The van der Waals surface area contributed by atoms with Crippen LogP contribution in [0.25, 0.3) is 0 Å². The second-order valence-corrected chi connectivity index (χ2v) is 8.08. The van der Waals surface area contributed by atoms with Crippen molar-refractivity contribution in [2.24, 2.45) is 4.99 Å². The molecule has 1 N–H and O–H groups in total. The summed E-state index contributed by atoms with van der Waals surface area (Å²) in [6, 6.07) is 13.5. The molecular formula is C19H25FIN3O2S. The van der Waals surface area contributed by atoms with Crippen molar-refractivity contribution in [2.75, 3.05) is 26.4 Å². The molecule has 0 unspecified atom stereocenters. The highest BCUT2D eigenvalue weighted by Gasteiger charge is 2.19. The minimum Gasteiger partial charge on any atom is -0.355 e. The van der Waals surface area contributed by atoms with Gasteiger partial charge in [0, 0.05) is 27.2 Å². The third-order valence-electron chi connectivity index (χ3n) is 4.07. The Morgan fingerprint density at radius 2 is 1.78 bits per heavy atom. The summed E-state index contributed by atoms with van der Waals surface area (Å²) in [5.41, 5.74) is 2.34. The van der Waals surface area contributed by atoms with Gasteiger partial charge in [0.15, 0.2) is 15.8 Å². The summed E-state index contributed by atoms with van der Waals surface area (Å²) >= 11 is 0. The molecule has 0 aliphatic heterocycles. The largest absolute Gasteiger partial charge is 0.355 e. The maximum atomic E-state index is 13.7. The zero-order valence-corrected chi connectivity index (χ0v) is 18.8. The molecule has 5 nitrogen and oxygen atoms in total. The molecule has 0 aromatic heterocycles. The lowest BCUT2D eigenvalue weighted by Crippen LogP contribution is -2.40. The molecule has 0 aliphatic rings. The first-order valence-corrected chi connectivity index (χ1v) is 9.94. The van der Waals surface area contributed by atoms with Gasteiger partial charge in [-0.3, -0.25) is 4.99 Å². The van der Waals surface area contributed by atoms with Crippen LogP contribution in [-0.4, -0.2) is 45.7 Å². The Morgan fingerprint density at radius 3 is 2.41 bits per heavy atom. The smallest absolute Gasteiger partial charge is 0.193 e. The standard InChI is InChI=1S/C19H24FN3O2S.HI/c1-15-8-4-5-9-16(15)14-23(3)19(21-2)22-12-13-26(24,25)18-11-7-6-10-17(18)20;/h4-11H,12-14H2,1-3H3,(H,21,22);1H. The maximum Gasteiger partial charge on any atom is 0.193 e. The summed E-state index contributed by atoms with van der Waals surface area (Å²) in [5, 5.41) is 3.03. The van der Waals surface area contributed by atoms with Crippen LogP contribution in [0.5, 0.6) is 0 Å². The van der Waals surface area contributed by atoms with Crippen molar-refractivity contribution in [3.05, 3.63) is 65.5 Å². The van der Waals surface area contributed by atoms with E-state index in [1.807, 2.05) is 43.1 Å². The third-order valence-corrected chi connectivity index (χ3v) is 5.81. The second-order valence-electron chi connectivity index (χ2n) is 6.01. The number of guanidine groups is 1. The Bertz CT molecular complexity index is 888. The molecule has 2 aromatic carbocycles. The molecule has 0 aliphatic carbocycles. The number of benzene rings is 2. The highest BCUT2D eigenvalue weighted by Crippen LogP contribution is 2.15. The van der Waals surface area contributed by atoms with E-state index in [-0.39, 0.29) is 41.2 Å². The first-order valence-electron chi connectivity index (χ1n) is 8.28. The molecule has 0 spiro atoms. The van der Waals surface area contributed by atoms with Crippen molar-refractivity contribution in [1.82, 2.24) is 10.2 Å². The van der Waals surface area contributed by atoms with Crippen LogP contribution in [0.1, 0.15) is 11.1 Å². The van der Waals surface area contributed by atoms with Gasteiger partial charge in [0.2, 0.25) is 0 Å². The van der Waals surface area contributed by atoms with Crippen LogP contribution in [0, 0.1) is 12.7 Å². The van der Waals surface area contributed by atoms with E-state index in [4.69, 9.17) is 0 Å². The van der Waals surface area contributed by atoms with Crippen LogP contribution in [0.4, 0.5) is 4.39 Å². The molecule has 2 rings (SSSR count). The fraction of sp³-hybridized carbons (Fsp3) is 0.316. The van der Waals surface area contributed by atoms with E-state index < -0.39 is 15.7 Å². The summed E-state index contributed by atoms with van der Waals surface area (Å²) in [7, 11) is -0.174. The number of sulfone groups is 1. The Kier molecular flexibility index (Phi) is 9.17. The van der Waals surface area contributed by atoms with Crippen LogP contribution < -0.4 is 5.32 Å². The summed E-state index contributed by atoms with van der Waals surface area (Å²) in [5.74, 6) is -0.365. The molecule has 0 fully saturated rings. The van der Waals surface area contributed by atoms with Gasteiger partial charge in [0.05, 0.1) is 5.75 Å². The van der Waals surface area contributed by atoms with E-state index in [9.17, 15) is 12.8 Å². The van der Waals surface area contributed by atoms with Gasteiger partial charge in [-0.1, -0.05) is 36.4 Å². The molecule has 2 aromatic rings. The Labute approximate surface area is 177 Å². The van der Waals surface area contributed by atoms with Gasteiger partial charge >= 0.3 is 0 Å². The molecule has 0 saturated heterocycles. The topological polar surface area (TPSA) is 61.8 Å². The van der Waals surface area contributed by atoms with Gasteiger partial charge in [0.25, 0.3) is 0 Å². The molecule has 0 heterocycles. The van der Waals surface area contributed by atoms with E-state index in [2.05, 4.69) is 10.3 Å². The molecule has 0 atom stereocenters. The number of hydrogen-bond acceptors (Lipinski definition) is 3. The average molecular weight is 505 g/mol. The van der Waals surface area contributed by atoms with Crippen molar-refractivity contribution >= 4 is 39.8 Å². The molecule has 0 bridgehead atoms. The third kappa shape index (κ3) is 6.46. The molecule has 148 valence electrons. The SMILES string of the molecule is CN=C(NCCS(=O)(=O)c1ccccc1F)N(C)Cc1ccccc1C.I. The van der Waals surface area contributed by atoms with Crippen molar-refractivity contribution in [1.29, 1.82) is 0 Å². The number of halogens is 2. The first-order chi connectivity index (χ1) is 12.3. The summed E-state index contributed by atoms with van der Waals surface area (Å²) < 4.78 is 38.3. The van der Waals surface area contributed by atoms with Gasteiger partial charge in [0.1, 0.15) is 10.7 Å². The highest BCUT2D eigenvalue weighted by atomic mass is 127. The van der Waals surface area contributed by atoms with Crippen molar-refractivity contribution in [3.8, 4) is 0 Å². The summed E-state index contributed by atoms with van der Waals surface area (Å²) in [6.07, 6.45) is 0. The van der Waals surface area contributed by atoms with Crippen molar-refractivity contribution in [2.45, 2.75) is 18.4 Å². The van der Waals surface area contributed by atoms with E-state index in [0.717, 1.165) is 11.6 Å². The van der Waals surface area contributed by atoms with Crippen molar-refractivity contribution in [3.63, 3.8) is 0 Å². The van der Waals surface area contributed by atoms with E-state index >= 15 is 0 Å². The number of rotatable bonds is 6. The highest BCUT2D eigenvalue weighted by molar-refractivity contribution is 14.0. The number of nitrogens with one attached hydrogen (secondary N) is 1. The molecule has 0 amide bonds. The van der Waals surface area contributed by atoms with Gasteiger partial charge < -0.3 is 10.2 Å². The van der Waals surface area contributed by atoms with E-state index in [1.165, 1.54) is 23.8 Å². The molecule has 8 heteroatoms. The van der Waals surface area contributed by atoms with Gasteiger partial charge in [-0.05, 0) is 30.2 Å². The van der Waals surface area contributed by atoms with Crippen LogP contribution in [-0.2, 0) is 16.4 Å². The minimum atomic E-state index is -3.70. The Morgan fingerprint density at radius 1 is 1.15 bits per heavy atom. The van der Waals surface area contributed by atoms with Gasteiger partial charge in [-0.2, -0.15) is 0 Å². The van der Waals surface area contributed by atoms with Crippen molar-refractivity contribution < 1.29 is 12.8 Å². The minimum absolute atomic E-state index is 0. The van der Waals surface area contributed by atoms with Gasteiger partial charge in [-0.15, -0.1) is 24.0 Å². The second kappa shape index (κ2) is 10.6. The van der Waals surface area contributed by atoms with Crippen LogP contribution in [0.3, 0.4) is 0 Å². The average Bonchev–Trinajstić information content (AvgIpc) is 2.61. The monoisotopic (exact) mass is 505 g/mol. The number of nitrogens with zero attached hydrogens (tertiary/aromatic N) is 2. The Balaban J connectivity index is 0.00000364. The summed E-state index contributed by atoms with van der Waals surface area (Å²) in [4.78, 5) is 5.83. The van der Waals surface area contributed by atoms with Crippen LogP contribution in [0.2, 0.25) is 0 Å². The van der Waals surface area contributed by atoms with E-state index in [1.54, 1.807) is 7.05 Å². The van der Waals surface area contributed by atoms with Gasteiger partial charge in [-0.25, -0.2) is 12.8 Å². The summed E-state index contributed by atoms with van der Waals surface area (Å²) in [6.45, 7) is 2.83. The quantitative estimate of drug-likeness (QED) is 0.372. The first kappa shape index (κ1) is 23.4. The molecule has 0 radical (unpaired) electrons. The van der Waals surface area contributed by atoms with E-state index in [0.29, 0.717) is 12.5 Å². The normalized spacial score (nSPS) is 11.6. The lowest BCUT2D eigenvalue weighted by atomic mass is 10.1. The predicted molar refractivity (Wildman–Crippen MR) is 118 cm³/mol. The maximum absolute atomic E-state index is 13.7. The number of aliphatic imine (C=N–C) groups is 1. The Hall–Kier alpha value is -1.68. The van der Waals surface area contributed by atoms with Crippen LogP contribution >= 0.6 is 24.0 Å².